The number of pyridine rings is 1. The summed E-state index contributed by atoms with van der Waals surface area (Å²) in [5.41, 5.74) is 2.02. The largest absolute Gasteiger partial charge is 0.456 e. The summed E-state index contributed by atoms with van der Waals surface area (Å²) in [6.07, 6.45) is 3.77. The molecule has 0 atom stereocenters. The van der Waals surface area contributed by atoms with Crippen LogP contribution < -0.4 is 10.1 Å². The highest BCUT2D eigenvalue weighted by Crippen LogP contribution is 2.21. The molecule has 0 aliphatic rings. The lowest BCUT2D eigenvalue weighted by Crippen LogP contribution is -2.15. The molecule has 1 amide bonds. The summed E-state index contributed by atoms with van der Waals surface area (Å²) >= 11 is 0. The molecular weight excluding hydrogens is 326 g/mol. The van der Waals surface area contributed by atoms with Gasteiger partial charge < -0.3 is 15.0 Å². The van der Waals surface area contributed by atoms with Crippen LogP contribution in [-0.2, 0) is 11.2 Å². The van der Waals surface area contributed by atoms with E-state index in [0.29, 0.717) is 18.0 Å². The summed E-state index contributed by atoms with van der Waals surface area (Å²) in [6.45, 7) is 0. The van der Waals surface area contributed by atoms with E-state index in [1.165, 1.54) is 0 Å². The van der Waals surface area contributed by atoms with Gasteiger partial charge in [0.15, 0.2) is 0 Å². The van der Waals surface area contributed by atoms with E-state index in [4.69, 9.17) is 4.74 Å². The average Bonchev–Trinajstić information content (AvgIpc) is 3.12. The Morgan fingerprint density at radius 2 is 1.88 bits per heavy atom. The highest BCUT2D eigenvalue weighted by Gasteiger charge is 2.07. The minimum atomic E-state index is -0.107. The van der Waals surface area contributed by atoms with Crippen molar-refractivity contribution >= 4 is 22.6 Å². The van der Waals surface area contributed by atoms with Gasteiger partial charge in [-0.05, 0) is 53.4 Å². The highest BCUT2D eigenvalue weighted by atomic mass is 16.5. The van der Waals surface area contributed by atoms with Crippen LogP contribution in [0.3, 0.4) is 0 Å². The molecule has 0 unspecified atom stereocenters. The number of hydrogen-bond donors (Lipinski definition) is 2. The number of nitrogens with one attached hydrogen (secondary N) is 2. The molecule has 0 bridgehead atoms. The summed E-state index contributed by atoms with van der Waals surface area (Å²) < 4.78 is 5.69. The van der Waals surface area contributed by atoms with Crippen molar-refractivity contribution in [2.45, 2.75) is 6.42 Å². The van der Waals surface area contributed by atoms with Crippen LogP contribution in [0.25, 0.3) is 10.9 Å². The lowest BCUT2D eigenvalue weighted by atomic mass is 10.1. The first-order valence-electron chi connectivity index (χ1n) is 8.31. The molecule has 2 aromatic heterocycles. The first-order valence-corrected chi connectivity index (χ1v) is 8.31. The minimum Gasteiger partial charge on any atom is -0.456 e. The molecule has 0 aliphatic carbocycles. The second-order valence-electron chi connectivity index (χ2n) is 5.92. The van der Waals surface area contributed by atoms with Gasteiger partial charge in [-0.15, -0.1) is 0 Å². The summed E-state index contributed by atoms with van der Waals surface area (Å²) in [4.78, 5) is 19.6. The van der Waals surface area contributed by atoms with Gasteiger partial charge in [-0.3, -0.25) is 4.79 Å². The molecule has 0 fully saturated rings. The number of H-pyrrole nitrogens is 1. The molecule has 0 spiro atoms. The number of hydrogen-bond acceptors (Lipinski definition) is 3. The molecule has 4 aromatic rings. The third kappa shape index (κ3) is 3.72. The third-order valence-electron chi connectivity index (χ3n) is 3.97. The van der Waals surface area contributed by atoms with Crippen LogP contribution >= 0.6 is 0 Å². The molecule has 4 rings (SSSR count). The Morgan fingerprint density at radius 1 is 1.00 bits per heavy atom. The number of nitrogens with zero attached hydrogens (tertiary/aromatic N) is 1. The standard InChI is InChI=1S/C21H17N3O2/c25-21(13-15-6-8-19-16(12-15)10-11-22-19)24-20-9-7-18(14-23-20)26-17-4-2-1-3-5-17/h1-12,14,22H,13H2,(H,23,24,25). The van der Waals surface area contributed by atoms with Gasteiger partial charge in [-0.1, -0.05) is 24.3 Å². The molecule has 26 heavy (non-hydrogen) atoms. The van der Waals surface area contributed by atoms with E-state index in [9.17, 15) is 4.79 Å². The van der Waals surface area contributed by atoms with Gasteiger partial charge in [-0.2, -0.15) is 0 Å². The first-order chi connectivity index (χ1) is 12.8. The molecule has 128 valence electrons. The molecule has 0 radical (unpaired) electrons. The number of benzene rings is 2. The zero-order valence-corrected chi connectivity index (χ0v) is 14.0. The summed E-state index contributed by atoms with van der Waals surface area (Å²) in [5.74, 6) is 1.75. The van der Waals surface area contributed by atoms with E-state index in [1.54, 1.807) is 18.3 Å². The number of carbonyl (C=O) groups is 1. The zero-order chi connectivity index (χ0) is 17.8. The van der Waals surface area contributed by atoms with Crippen molar-refractivity contribution in [2.75, 3.05) is 5.32 Å². The van der Waals surface area contributed by atoms with Crippen molar-refractivity contribution in [3.8, 4) is 11.5 Å². The van der Waals surface area contributed by atoms with E-state index >= 15 is 0 Å². The van der Waals surface area contributed by atoms with E-state index in [2.05, 4.69) is 15.3 Å². The molecule has 0 aliphatic heterocycles. The maximum Gasteiger partial charge on any atom is 0.229 e. The fraction of sp³-hybridized carbons (Fsp3) is 0.0476. The van der Waals surface area contributed by atoms with E-state index in [0.717, 1.165) is 22.2 Å². The topological polar surface area (TPSA) is 67.0 Å². The summed E-state index contributed by atoms with van der Waals surface area (Å²) in [6, 6.07) is 20.9. The molecular formula is C21H17N3O2. The van der Waals surface area contributed by atoms with Crippen molar-refractivity contribution in [1.82, 2.24) is 9.97 Å². The number of anilines is 1. The normalized spacial score (nSPS) is 10.6. The van der Waals surface area contributed by atoms with Crippen molar-refractivity contribution < 1.29 is 9.53 Å². The quantitative estimate of drug-likeness (QED) is 0.559. The Balaban J connectivity index is 1.38. The van der Waals surface area contributed by atoms with Gasteiger partial charge in [0.2, 0.25) is 5.91 Å². The number of aromatic nitrogens is 2. The number of amides is 1. The van der Waals surface area contributed by atoms with E-state index in [1.807, 2.05) is 60.8 Å². The Morgan fingerprint density at radius 3 is 2.69 bits per heavy atom. The number of fused-ring (bicyclic) bond motifs is 1. The predicted octanol–water partition coefficient (Wildman–Crippen LogP) is 4.54. The van der Waals surface area contributed by atoms with Crippen LogP contribution in [0.1, 0.15) is 5.56 Å². The molecule has 0 saturated heterocycles. The second-order valence-corrected chi connectivity index (χ2v) is 5.92. The lowest BCUT2D eigenvalue weighted by molar-refractivity contribution is -0.115. The van der Waals surface area contributed by atoms with Gasteiger partial charge in [0.05, 0.1) is 12.6 Å². The average molecular weight is 343 g/mol. The minimum absolute atomic E-state index is 0.107. The van der Waals surface area contributed by atoms with Crippen molar-refractivity contribution in [3.63, 3.8) is 0 Å². The van der Waals surface area contributed by atoms with Crippen molar-refractivity contribution in [3.05, 3.63) is 84.7 Å². The van der Waals surface area contributed by atoms with Gasteiger partial charge in [-0.25, -0.2) is 4.98 Å². The number of ether oxygens (including phenoxy) is 1. The highest BCUT2D eigenvalue weighted by molar-refractivity contribution is 5.92. The van der Waals surface area contributed by atoms with Gasteiger partial charge in [0.25, 0.3) is 0 Å². The lowest BCUT2D eigenvalue weighted by Gasteiger charge is -2.07. The van der Waals surface area contributed by atoms with E-state index < -0.39 is 0 Å². The van der Waals surface area contributed by atoms with Gasteiger partial charge in [0.1, 0.15) is 17.3 Å². The monoisotopic (exact) mass is 343 g/mol. The van der Waals surface area contributed by atoms with Crippen LogP contribution in [0.2, 0.25) is 0 Å². The maximum atomic E-state index is 12.2. The molecule has 2 N–H and O–H groups in total. The van der Waals surface area contributed by atoms with E-state index in [-0.39, 0.29) is 5.91 Å². The van der Waals surface area contributed by atoms with Crippen LogP contribution in [0, 0.1) is 0 Å². The van der Waals surface area contributed by atoms with Gasteiger partial charge in [0, 0.05) is 11.7 Å². The Labute approximate surface area is 150 Å². The SMILES string of the molecule is O=C(Cc1ccc2[nH]ccc2c1)Nc1ccc(Oc2ccccc2)cn1. The molecule has 5 nitrogen and oxygen atoms in total. The van der Waals surface area contributed by atoms with Gasteiger partial charge >= 0.3 is 0 Å². The number of rotatable bonds is 5. The van der Waals surface area contributed by atoms with Crippen LogP contribution in [-0.4, -0.2) is 15.9 Å². The Kier molecular flexibility index (Phi) is 4.35. The zero-order valence-electron chi connectivity index (χ0n) is 14.0. The van der Waals surface area contributed by atoms with Crippen LogP contribution in [0.5, 0.6) is 11.5 Å². The molecule has 2 heterocycles. The maximum absolute atomic E-state index is 12.2. The van der Waals surface area contributed by atoms with Crippen LogP contribution in [0.15, 0.2) is 79.1 Å². The Bertz CT molecular complexity index is 1020. The first kappa shape index (κ1) is 15.9. The summed E-state index contributed by atoms with van der Waals surface area (Å²) in [5, 5.41) is 3.90. The predicted molar refractivity (Wildman–Crippen MR) is 101 cm³/mol. The van der Waals surface area contributed by atoms with Crippen molar-refractivity contribution in [1.29, 1.82) is 0 Å². The molecule has 5 heteroatoms. The summed E-state index contributed by atoms with van der Waals surface area (Å²) in [7, 11) is 0. The fourth-order valence-electron chi connectivity index (χ4n) is 2.72. The second kappa shape index (κ2) is 7.11. The number of para-hydroxylation sites is 1. The smallest absolute Gasteiger partial charge is 0.229 e. The van der Waals surface area contributed by atoms with Crippen molar-refractivity contribution in [2.24, 2.45) is 0 Å². The third-order valence-corrected chi connectivity index (χ3v) is 3.97. The molecule has 2 aromatic carbocycles. The van der Waals surface area contributed by atoms with Crippen LogP contribution in [0.4, 0.5) is 5.82 Å². The number of aromatic amines is 1. The number of carbonyl (C=O) groups excluding carboxylic acids is 1. The molecule has 0 saturated carbocycles. The Hall–Kier alpha value is -3.60. The fourth-order valence-corrected chi connectivity index (χ4v) is 2.72.